The Morgan fingerprint density at radius 1 is 0.931 bits per heavy atom. The minimum atomic E-state index is -0.372. The van der Waals surface area contributed by atoms with Gasteiger partial charge in [0.2, 0.25) is 5.95 Å². The topological polar surface area (TPSA) is 91.0 Å². The molecule has 0 bridgehead atoms. The molecule has 2 aromatic carbocycles. The number of nitrogens with zero attached hydrogens (tertiary/aromatic N) is 3. The van der Waals surface area contributed by atoms with Gasteiger partial charge in [-0.25, -0.2) is 19.7 Å². The number of hydrogen-bond donors (Lipinski definition) is 1. The number of esters is 1. The quantitative estimate of drug-likeness (QED) is 0.522. The highest BCUT2D eigenvalue weighted by atomic mass is 16.5. The lowest BCUT2D eigenvalue weighted by molar-refractivity contribution is 0.0527. The van der Waals surface area contributed by atoms with E-state index >= 15 is 0 Å². The number of pyridine rings is 1. The van der Waals surface area contributed by atoms with Crippen molar-refractivity contribution < 1.29 is 9.53 Å². The average Bonchev–Trinajstić information content (AvgIpc) is 2.74. The van der Waals surface area contributed by atoms with Crippen molar-refractivity contribution in [2.24, 2.45) is 0 Å². The highest BCUT2D eigenvalue weighted by Crippen LogP contribution is 2.26. The monoisotopic (exact) mass is 384 g/mol. The number of anilines is 1. The number of aromatic nitrogens is 3. The third-order valence-corrected chi connectivity index (χ3v) is 4.54. The van der Waals surface area contributed by atoms with E-state index in [2.05, 4.69) is 9.97 Å². The van der Waals surface area contributed by atoms with Crippen molar-refractivity contribution in [3.05, 3.63) is 83.6 Å². The molecule has 6 heteroatoms. The molecule has 0 amide bonds. The van der Waals surface area contributed by atoms with E-state index in [4.69, 9.17) is 15.5 Å². The molecule has 144 valence electrons. The lowest BCUT2D eigenvalue weighted by atomic mass is 10.0. The first-order chi connectivity index (χ1) is 14.2. The molecule has 29 heavy (non-hydrogen) atoms. The molecule has 0 saturated heterocycles. The summed E-state index contributed by atoms with van der Waals surface area (Å²) in [5.74, 6) is -0.159. The maximum absolute atomic E-state index is 12.4. The largest absolute Gasteiger partial charge is 0.462 e. The first-order valence-electron chi connectivity index (χ1n) is 9.39. The fourth-order valence-corrected chi connectivity index (χ4v) is 3.25. The summed E-state index contributed by atoms with van der Waals surface area (Å²) in [6.45, 7) is 2.10. The van der Waals surface area contributed by atoms with Crippen molar-refractivity contribution in [1.29, 1.82) is 0 Å². The molecule has 0 aliphatic rings. The van der Waals surface area contributed by atoms with Crippen LogP contribution in [0.3, 0.4) is 0 Å². The van der Waals surface area contributed by atoms with E-state index in [1.54, 1.807) is 19.1 Å². The Bertz CT molecular complexity index is 1180. The van der Waals surface area contributed by atoms with E-state index in [9.17, 15) is 4.79 Å². The zero-order valence-electron chi connectivity index (χ0n) is 16.0. The van der Waals surface area contributed by atoms with Gasteiger partial charge in [0.1, 0.15) is 5.52 Å². The molecule has 0 radical (unpaired) electrons. The van der Waals surface area contributed by atoms with Crippen molar-refractivity contribution in [1.82, 2.24) is 15.0 Å². The zero-order chi connectivity index (χ0) is 20.2. The van der Waals surface area contributed by atoms with Gasteiger partial charge in [-0.15, -0.1) is 0 Å². The van der Waals surface area contributed by atoms with Crippen LogP contribution in [0.15, 0.2) is 66.7 Å². The van der Waals surface area contributed by atoms with Crippen LogP contribution in [0.4, 0.5) is 5.95 Å². The molecule has 6 nitrogen and oxygen atoms in total. The van der Waals surface area contributed by atoms with Crippen molar-refractivity contribution >= 4 is 23.0 Å². The van der Waals surface area contributed by atoms with E-state index in [0.717, 1.165) is 11.3 Å². The Balaban J connectivity index is 1.84. The molecule has 0 unspecified atom stereocenters. The average molecular weight is 384 g/mol. The summed E-state index contributed by atoms with van der Waals surface area (Å²) in [5.41, 5.74) is 10.9. The van der Waals surface area contributed by atoms with Gasteiger partial charge in [-0.3, -0.25) is 0 Å². The molecular weight excluding hydrogens is 364 g/mol. The van der Waals surface area contributed by atoms with Gasteiger partial charge in [-0.2, -0.15) is 0 Å². The van der Waals surface area contributed by atoms with E-state index < -0.39 is 0 Å². The lowest BCUT2D eigenvalue weighted by Gasteiger charge is -2.11. The lowest BCUT2D eigenvalue weighted by Crippen LogP contribution is -2.07. The molecule has 0 spiro atoms. The van der Waals surface area contributed by atoms with E-state index in [0.29, 0.717) is 40.9 Å². The Kier molecular flexibility index (Phi) is 5.16. The van der Waals surface area contributed by atoms with Crippen LogP contribution in [0.25, 0.3) is 22.3 Å². The summed E-state index contributed by atoms with van der Waals surface area (Å²) >= 11 is 0. The fourth-order valence-electron chi connectivity index (χ4n) is 3.25. The molecule has 2 aromatic heterocycles. The first-order valence-corrected chi connectivity index (χ1v) is 9.39. The second-order valence-corrected chi connectivity index (χ2v) is 6.52. The van der Waals surface area contributed by atoms with Crippen molar-refractivity contribution in [2.75, 3.05) is 12.3 Å². The molecule has 0 aliphatic heterocycles. The zero-order valence-corrected chi connectivity index (χ0v) is 16.0. The van der Waals surface area contributed by atoms with Gasteiger partial charge < -0.3 is 10.5 Å². The smallest absolute Gasteiger partial charge is 0.338 e. The summed E-state index contributed by atoms with van der Waals surface area (Å²) in [6, 6.07) is 21.0. The van der Waals surface area contributed by atoms with Crippen LogP contribution in [0, 0.1) is 0 Å². The van der Waals surface area contributed by atoms with Crippen LogP contribution in [0.2, 0.25) is 0 Å². The predicted molar refractivity (Wildman–Crippen MR) is 112 cm³/mol. The second kappa shape index (κ2) is 8.06. The highest BCUT2D eigenvalue weighted by molar-refractivity contribution is 5.97. The number of hydrogen-bond acceptors (Lipinski definition) is 6. The Morgan fingerprint density at radius 3 is 2.48 bits per heavy atom. The Morgan fingerprint density at radius 2 is 1.69 bits per heavy atom. The number of fused-ring (bicyclic) bond motifs is 1. The number of carbonyl (C=O) groups excluding carboxylic acids is 1. The second-order valence-electron chi connectivity index (χ2n) is 6.52. The van der Waals surface area contributed by atoms with E-state index in [1.165, 1.54) is 0 Å². The van der Waals surface area contributed by atoms with Crippen LogP contribution < -0.4 is 5.73 Å². The van der Waals surface area contributed by atoms with Gasteiger partial charge in [0, 0.05) is 12.0 Å². The molecule has 2 heterocycles. The maximum atomic E-state index is 12.4. The van der Waals surface area contributed by atoms with Gasteiger partial charge in [0.05, 0.1) is 29.1 Å². The summed E-state index contributed by atoms with van der Waals surface area (Å²) in [4.78, 5) is 25.9. The number of rotatable bonds is 5. The van der Waals surface area contributed by atoms with Crippen LogP contribution in [-0.2, 0) is 11.2 Å². The molecule has 4 aromatic rings. The molecule has 0 atom stereocenters. The third-order valence-electron chi connectivity index (χ3n) is 4.54. The SMILES string of the molecule is CCOC(=O)c1ccccc1-c1ccc2nc(N)nc(Cc3ccccc3)c2n1. The number of ether oxygens (including phenoxy) is 1. The van der Waals surface area contributed by atoms with Gasteiger partial charge in [0.25, 0.3) is 0 Å². The van der Waals surface area contributed by atoms with Crippen LogP contribution in [0.5, 0.6) is 0 Å². The van der Waals surface area contributed by atoms with E-state index in [-0.39, 0.29) is 11.9 Å². The van der Waals surface area contributed by atoms with Crippen LogP contribution in [-0.4, -0.2) is 27.5 Å². The van der Waals surface area contributed by atoms with Gasteiger partial charge >= 0.3 is 5.97 Å². The highest BCUT2D eigenvalue weighted by Gasteiger charge is 2.16. The molecule has 0 saturated carbocycles. The number of benzene rings is 2. The number of nitrogens with two attached hydrogens (primary N) is 1. The minimum Gasteiger partial charge on any atom is -0.462 e. The molecule has 2 N–H and O–H groups in total. The van der Waals surface area contributed by atoms with Crippen molar-refractivity contribution in [3.8, 4) is 11.3 Å². The fraction of sp³-hybridized carbons (Fsp3) is 0.130. The van der Waals surface area contributed by atoms with Crippen molar-refractivity contribution in [2.45, 2.75) is 13.3 Å². The number of carbonyl (C=O) groups is 1. The Hall–Kier alpha value is -3.80. The molecule has 4 rings (SSSR count). The van der Waals surface area contributed by atoms with Crippen LogP contribution >= 0.6 is 0 Å². The summed E-state index contributed by atoms with van der Waals surface area (Å²) in [7, 11) is 0. The predicted octanol–water partition coefficient (Wildman–Crippen LogP) is 4.04. The summed E-state index contributed by atoms with van der Waals surface area (Å²) in [5, 5.41) is 0. The standard InChI is InChI=1S/C23H20N4O2/c1-2-29-22(28)17-11-7-6-10-16(17)18-12-13-19-21(25-18)20(27-23(24)26-19)14-15-8-4-3-5-9-15/h3-13H,2,14H2,1H3,(H2,24,26,27). The first kappa shape index (κ1) is 18.6. The van der Waals surface area contributed by atoms with Crippen molar-refractivity contribution in [3.63, 3.8) is 0 Å². The van der Waals surface area contributed by atoms with Gasteiger partial charge in [-0.05, 0) is 30.7 Å². The number of nitrogen functional groups attached to an aromatic ring is 1. The van der Waals surface area contributed by atoms with Crippen LogP contribution in [0.1, 0.15) is 28.5 Å². The molecule has 0 fully saturated rings. The van der Waals surface area contributed by atoms with Gasteiger partial charge in [-0.1, -0.05) is 48.5 Å². The van der Waals surface area contributed by atoms with Gasteiger partial charge in [0.15, 0.2) is 0 Å². The summed E-state index contributed by atoms with van der Waals surface area (Å²) < 4.78 is 5.19. The molecule has 0 aliphatic carbocycles. The normalized spacial score (nSPS) is 10.8. The minimum absolute atomic E-state index is 0.213. The Labute approximate surface area is 168 Å². The molecular formula is C23H20N4O2. The maximum Gasteiger partial charge on any atom is 0.338 e. The van der Waals surface area contributed by atoms with E-state index in [1.807, 2.05) is 54.6 Å². The third kappa shape index (κ3) is 3.91. The summed E-state index contributed by atoms with van der Waals surface area (Å²) in [6.07, 6.45) is 0.583.